The summed E-state index contributed by atoms with van der Waals surface area (Å²) >= 11 is 7.21. The molecule has 0 atom stereocenters. The third-order valence-electron chi connectivity index (χ3n) is 3.53. The minimum atomic E-state index is -0.120. The quantitative estimate of drug-likeness (QED) is 0.666. The summed E-state index contributed by atoms with van der Waals surface area (Å²) < 4.78 is 0.882. The molecule has 0 radical (unpaired) electrons. The van der Waals surface area contributed by atoms with Gasteiger partial charge in [-0.05, 0) is 17.7 Å². The van der Waals surface area contributed by atoms with Crippen LogP contribution in [0, 0.1) is 0 Å². The van der Waals surface area contributed by atoms with E-state index < -0.39 is 0 Å². The van der Waals surface area contributed by atoms with Crippen LogP contribution in [-0.4, -0.2) is 17.3 Å². The van der Waals surface area contributed by atoms with E-state index in [9.17, 15) is 4.79 Å². The van der Waals surface area contributed by atoms with Gasteiger partial charge in [0.15, 0.2) is 5.78 Å². The second-order valence-corrected chi connectivity index (χ2v) is 8.88. The number of benzene rings is 2. The monoisotopic (exact) mass is 378 g/mol. The summed E-state index contributed by atoms with van der Waals surface area (Å²) in [6, 6.07) is 18.1. The van der Waals surface area contributed by atoms with Crippen LogP contribution >= 0.6 is 39.5 Å². The fourth-order valence-electron chi connectivity index (χ4n) is 2.47. The number of carbonyl (C=O) groups excluding carboxylic acids is 1. The van der Waals surface area contributed by atoms with Crippen molar-refractivity contribution in [2.24, 2.45) is 0 Å². The van der Waals surface area contributed by atoms with E-state index in [1.165, 1.54) is 5.56 Å². The molecule has 108 valence electrons. The maximum absolute atomic E-state index is 12.6. The van der Waals surface area contributed by atoms with Crippen LogP contribution in [0.2, 0.25) is 0 Å². The Hall–Kier alpha value is -0.710. The summed E-state index contributed by atoms with van der Waals surface area (Å²) in [7, 11) is 0. The van der Waals surface area contributed by atoms with Gasteiger partial charge in [0, 0.05) is 28.0 Å². The Kier molecular flexibility index (Phi) is 4.77. The van der Waals surface area contributed by atoms with Crippen LogP contribution in [0.25, 0.3) is 0 Å². The van der Waals surface area contributed by atoms with E-state index in [1.54, 1.807) is 0 Å². The van der Waals surface area contributed by atoms with Crippen LogP contribution in [0.3, 0.4) is 0 Å². The summed E-state index contributed by atoms with van der Waals surface area (Å²) in [5.41, 5.74) is 2.05. The molecular formula is C17H15BrOS2. The maximum atomic E-state index is 12.6. The minimum absolute atomic E-state index is 0.120. The van der Waals surface area contributed by atoms with E-state index in [4.69, 9.17) is 0 Å². The van der Waals surface area contributed by atoms with Crippen molar-refractivity contribution >= 4 is 45.2 Å². The second kappa shape index (κ2) is 6.59. The molecule has 0 spiro atoms. The molecule has 1 saturated heterocycles. The lowest BCUT2D eigenvalue weighted by molar-refractivity contribution is 0.0979. The van der Waals surface area contributed by atoms with Gasteiger partial charge in [0.25, 0.3) is 0 Å². The molecule has 2 aromatic rings. The normalized spacial score (nSPS) is 16.8. The van der Waals surface area contributed by atoms with Crippen molar-refractivity contribution in [2.75, 3.05) is 11.5 Å². The van der Waals surface area contributed by atoms with Crippen molar-refractivity contribution in [3.63, 3.8) is 0 Å². The average molecular weight is 379 g/mol. The highest BCUT2D eigenvalue weighted by Gasteiger charge is 2.39. The number of hydrogen-bond donors (Lipinski definition) is 0. The average Bonchev–Trinajstić information content (AvgIpc) is 2.98. The lowest BCUT2D eigenvalue weighted by Gasteiger charge is -2.27. The highest BCUT2D eigenvalue weighted by atomic mass is 79.9. The first-order chi connectivity index (χ1) is 10.2. The van der Waals surface area contributed by atoms with Crippen LogP contribution in [0.4, 0.5) is 0 Å². The van der Waals surface area contributed by atoms with Gasteiger partial charge in [0.1, 0.15) is 0 Å². The predicted molar refractivity (Wildman–Crippen MR) is 96.1 cm³/mol. The molecule has 0 aromatic heterocycles. The molecule has 0 saturated carbocycles. The van der Waals surface area contributed by atoms with Gasteiger partial charge in [0.05, 0.1) is 4.08 Å². The molecule has 0 bridgehead atoms. The molecule has 1 heterocycles. The first-order valence-electron chi connectivity index (χ1n) is 6.82. The summed E-state index contributed by atoms with van der Waals surface area (Å²) in [6.07, 6.45) is 0.550. The third kappa shape index (κ3) is 3.38. The van der Waals surface area contributed by atoms with Crippen LogP contribution in [-0.2, 0) is 4.08 Å². The molecule has 21 heavy (non-hydrogen) atoms. The van der Waals surface area contributed by atoms with Crippen molar-refractivity contribution in [3.8, 4) is 0 Å². The van der Waals surface area contributed by atoms with E-state index in [-0.39, 0.29) is 9.86 Å². The highest BCUT2D eigenvalue weighted by Crippen LogP contribution is 2.54. The zero-order chi connectivity index (χ0) is 14.7. The van der Waals surface area contributed by atoms with Crippen LogP contribution < -0.4 is 0 Å². The lowest BCUT2D eigenvalue weighted by atomic mass is 10.0. The third-order valence-corrected chi connectivity index (χ3v) is 7.53. The first-order valence-corrected chi connectivity index (χ1v) is 9.58. The minimum Gasteiger partial charge on any atom is -0.294 e. The number of Topliss-reactive ketones (excluding diaryl/α,β-unsaturated/α-hetero) is 1. The number of hydrogen-bond acceptors (Lipinski definition) is 3. The zero-order valence-corrected chi connectivity index (χ0v) is 14.6. The Balaban J connectivity index is 1.86. The molecule has 1 nitrogen and oxygen atoms in total. The number of ketones is 1. The van der Waals surface area contributed by atoms with Gasteiger partial charge in [-0.25, -0.2) is 0 Å². The Morgan fingerprint density at radius 1 is 1.00 bits per heavy atom. The van der Waals surface area contributed by atoms with Gasteiger partial charge < -0.3 is 0 Å². The summed E-state index contributed by atoms with van der Waals surface area (Å²) in [5, 5.41) is 0. The van der Waals surface area contributed by atoms with E-state index in [0.29, 0.717) is 6.42 Å². The molecule has 0 unspecified atom stereocenters. The molecule has 2 aromatic carbocycles. The Bertz CT molecular complexity index is 619. The summed E-state index contributed by atoms with van der Waals surface area (Å²) in [6.45, 7) is 0. The van der Waals surface area contributed by atoms with Crippen LogP contribution in [0.1, 0.15) is 22.3 Å². The molecule has 3 rings (SSSR count). The topological polar surface area (TPSA) is 17.1 Å². The fourth-order valence-corrected chi connectivity index (χ4v) is 5.96. The van der Waals surface area contributed by atoms with Gasteiger partial charge in [-0.15, -0.1) is 23.5 Å². The first kappa shape index (κ1) is 15.2. The Morgan fingerprint density at radius 3 is 2.24 bits per heavy atom. The Labute approximate surface area is 142 Å². The molecule has 4 heteroatoms. The number of halogens is 1. The number of thioether (sulfide) groups is 2. The van der Waals surface area contributed by atoms with Crippen molar-refractivity contribution in [1.82, 2.24) is 0 Å². The predicted octanol–water partition coefficient (Wildman–Crippen LogP) is 5.35. The zero-order valence-electron chi connectivity index (χ0n) is 11.4. The van der Waals surface area contributed by atoms with Crippen molar-refractivity contribution in [3.05, 3.63) is 70.2 Å². The Morgan fingerprint density at radius 2 is 1.62 bits per heavy atom. The SMILES string of the molecule is O=C(CC1(c2ccccc2)SCCS1)c1ccc(Br)cc1. The molecular weight excluding hydrogens is 364 g/mol. The smallest absolute Gasteiger partial charge is 0.165 e. The lowest BCUT2D eigenvalue weighted by Crippen LogP contribution is -2.19. The van der Waals surface area contributed by atoms with Crippen LogP contribution in [0.15, 0.2) is 59.1 Å². The van der Waals surface area contributed by atoms with E-state index in [1.807, 2.05) is 53.9 Å². The van der Waals surface area contributed by atoms with Gasteiger partial charge >= 0.3 is 0 Å². The summed E-state index contributed by atoms with van der Waals surface area (Å²) in [5.74, 6) is 2.42. The van der Waals surface area contributed by atoms with Crippen LogP contribution in [0.5, 0.6) is 0 Å². The van der Waals surface area contributed by atoms with Gasteiger partial charge in [0.2, 0.25) is 0 Å². The molecule has 0 aliphatic carbocycles. The number of rotatable bonds is 4. The van der Waals surface area contributed by atoms with Gasteiger partial charge in [-0.1, -0.05) is 58.4 Å². The highest BCUT2D eigenvalue weighted by molar-refractivity contribution is 9.10. The standard InChI is InChI=1S/C17H15BrOS2/c18-15-8-6-13(7-9-15)16(19)12-17(20-10-11-21-17)14-4-2-1-3-5-14/h1-9H,10-12H2. The molecule has 0 amide bonds. The van der Waals surface area contributed by atoms with Crippen molar-refractivity contribution in [1.29, 1.82) is 0 Å². The molecule has 1 aliphatic rings. The molecule has 1 aliphatic heterocycles. The summed E-state index contributed by atoms with van der Waals surface area (Å²) in [4.78, 5) is 12.6. The second-order valence-electron chi connectivity index (χ2n) is 4.92. The van der Waals surface area contributed by atoms with E-state index in [2.05, 4.69) is 40.2 Å². The van der Waals surface area contributed by atoms with Crippen molar-refractivity contribution < 1.29 is 4.79 Å². The van der Waals surface area contributed by atoms with E-state index >= 15 is 0 Å². The number of carbonyl (C=O) groups is 1. The molecule has 1 fully saturated rings. The van der Waals surface area contributed by atoms with E-state index in [0.717, 1.165) is 21.5 Å². The van der Waals surface area contributed by atoms with Gasteiger partial charge in [-0.2, -0.15) is 0 Å². The fraction of sp³-hybridized carbons (Fsp3) is 0.235. The molecule has 0 N–H and O–H groups in total. The van der Waals surface area contributed by atoms with Crippen molar-refractivity contribution in [2.45, 2.75) is 10.5 Å². The van der Waals surface area contributed by atoms with Gasteiger partial charge in [-0.3, -0.25) is 4.79 Å². The maximum Gasteiger partial charge on any atom is 0.165 e. The largest absolute Gasteiger partial charge is 0.294 e.